The van der Waals surface area contributed by atoms with Crippen molar-refractivity contribution in [3.8, 4) is 17.2 Å². The summed E-state index contributed by atoms with van der Waals surface area (Å²) in [6.45, 7) is 0. The first kappa shape index (κ1) is 24.5. The van der Waals surface area contributed by atoms with Crippen molar-refractivity contribution in [2.75, 3.05) is 21.3 Å². The fraction of sp³-hybridized carbons (Fsp3) is 0.222. The number of Topliss-reactive ketones (excluding diaryl/α,β-unsaturated/α-hetero) is 1. The second kappa shape index (κ2) is 12.2. The Bertz CT molecular complexity index is 1120. The summed E-state index contributed by atoms with van der Waals surface area (Å²) in [5, 5.41) is 4.38. The van der Waals surface area contributed by atoms with E-state index in [-0.39, 0.29) is 11.7 Å². The Morgan fingerprint density at radius 3 is 1.56 bits per heavy atom. The summed E-state index contributed by atoms with van der Waals surface area (Å²) in [5.74, 6) is 1.81. The molecule has 176 valence electrons. The van der Waals surface area contributed by atoms with Crippen LogP contribution in [0.3, 0.4) is 0 Å². The molecule has 0 aliphatic carbocycles. The lowest BCUT2D eigenvalue weighted by Crippen LogP contribution is -2.20. The molecule has 1 N–H and O–H groups in total. The van der Waals surface area contributed by atoms with Crippen LogP contribution in [0.1, 0.15) is 45.5 Å². The van der Waals surface area contributed by atoms with Crippen LogP contribution in [0.4, 0.5) is 0 Å². The third-order valence-corrected chi connectivity index (χ3v) is 5.30. The molecule has 1 amide bonds. The highest BCUT2D eigenvalue weighted by Gasteiger charge is 2.11. The van der Waals surface area contributed by atoms with Gasteiger partial charge in [-0.15, -0.1) is 0 Å². The molecule has 0 radical (unpaired) electrons. The molecule has 3 aromatic rings. The molecule has 7 nitrogen and oxygen atoms in total. The van der Waals surface area contributed by atoms with E-state index in [9.17, 15) is 9.59 Å². The molecule has 0 spiro atoms. The van der Waals surface area contributed by atoms with Crippen LogP contribution >= 0.6 is 0 Å². The Balaban J connectivity index is 1.69. The highest BCUT2D eigenvalue weighted by Crippen LogP contribution is 2.17. The first-order valence-electron chi connectivity index (χ1n) is 10.9. The van der Waals surface area contributed by atoms with E-state index in [1.165, 1.54) is 0 Å². The fourth-order valence-electron chi connectivity index (χ4n) is 3.31. The second-order valence-corrected chi connectivity index (χ2v) is 7.46. The maximum absolute atomic E-state index is 12.6. The number of carbonyl (C=O) groups is 2. The van der Waals surface area contributed by atoms with Gasteiger partial charge in [0.15, 0.2) is 5.78 Å². The highest BCUT2D eigenvalue weighted by atomic mass is 16.5. The summed E-state index contributed by atoms with van der Waals surface area (Å²) in [6.07, 6.45) is 1.44. The topological polar surface area (TPSA) is 86.2 Å². The number of ether oxygens (including phenoxy) is 3. The van der Waals surface area contributed by atoms with Gasteiger partial charge in [-0.1, -0.05) is 0 Å². The summed E-state index contributed by atoms with van der Waals surface area (Å²) in [4.78, 5) is 25.1. The average molecular weight is 461 g/mol. The van der Waals surface area contributed by atoms with Gasteiger partial charge in [0.2, 0.25) is 0 Å². The molecule has 0 fully saturated rings. The van der Waals surface area contributed by atoms with Crippen molar-refractivity contribution in [2.24, 2.45) is 5.10 Å². The minimum Gasteiger partial charge on any atom is -0.497 e. The van der Waals surface area contributed by atoms with Gasteiger partial charge in [-0.3, -0.25) is 9.59 Å². The molecule has 0 bridgehead atoms. The van der Waals surface area contributed by atoms with Gasteiger partial charge in [0, 0.05) is 17.5 Å². The van der Waals surface area contributed by atoms with E-state index in [1.54, 1.807) is 69.9 Å². The van der Waals surface area contributed by atoms with E-state index in [0.29, 0.717) is 47.6 Å². The Hall–Kier alpha value is -4.13. The van der Waals surface area contributed by atoms with E-state index in [2.05, 4.69) is 10.5 Å². The van der Waals surface area contributed by atoms with Gasteiger partial charge in [0.1, 0.15) is 17.2 Å². The highest BCUT2D eigenvalue weighted by molar-refractivity contribution is 6.03. The second-order valence-electron chi connectivity index (χ2n) is 7.46. The number of nitrogens with one attached hydrogen (secondary N) is 1. The molecular weight excluding hydrogens is 432 g/mol. The zero-order valence-electron chi connectivity index (χ0n) is 19.5. The molecule has 3 aromatic carbocycles. The van der Waals surface area contributed by atoms with Crippen LogP contribution in [-0.2, 0) is 0 Å². The normalized spacial score (nSPS) is 11.0. The number of hydrogen-bond acceptors (Lipinski definition) is 6. The number of carbonyl (C=O) groups excluding carboxylic acids is 2. The van der Waals surface area contributed by atoms with Crippen molar-refractivity contribution in [1.82, 2.24) is 5.43 Å². The predicted octanol–water partition coefficient (Wildman–Crippen LogP) is 4.90. The number of methoxy groups -OCH3 is 3. The molecule has 0 aromatic heterocycles. The predicted molar refractivity (Wildman–Crippen MR) is 131 cm³/mol. The number of hydrazone groups is 1. The molecule has 0 atom stereocenters. The maximum Gasteiger partial charge on any atom is 0.271 e. The van der Waals surface area contributed by atoms with Crippen molar-refractivity contribution in [3.63, 3.8) is 0 Å². The van der Waals surface area contributed by atoms with E-state index in [1.807, 2.05) is 24.3 Å². The van der Waals surface area contributed by atoms with Gasteiger partial charge in [0.05, 0.1) is 27.0 Å². The van der Waals surface area contributed by atoms with Crippen LogP contribution in [0, 0.1) is 0 Å². The lowest BCUT2D eigenvalue weighted by Gasteiger charge is -2.09. The van der Waals surface area contributed by atoms with Crippen LogP contribution in [0.25, 0.3) is 0 Å². The molecule has 7 heteroatoms. The van der Waals surface area contributed by atoms with Crippen molar-refractivity contribution < 1.29 is 23.8 Å². The number of rotatable bonds is 11. The van der Waals surface area contributed by atoms with Crippen LogP contribution in [0.2, 0.25) is 0 Å². The first-order valence-corrected chi connectivity index (χ1v) is 10.9. The molecular formula is C27H28N2O5. The van der Waals surface area contributed by atoms with Gasteiger partial charge in [-0.2, -0.15) is 5.10 Å². The Labute approximate surface area is 199 Å². The van der Waals surface area contributed by atoms with Crippen molar-refractivity contribution >= 4 is 17.4 Å². The average Bonchev–Trinajstić information content (AvgIpc) is 2.90. The van der Waals surface area contributed by atoms with Crippen LogP contribution in [0.5, 0.6) is 17.2 Å². The van der Waals surface area contributed by atoms with Gasteiger partial charge in [0.25, 0.3) is 5.91 Å². The lowest BCUT2D eigenvalue weighted by molar-refractivity contribution is 0.0951. The minimum absolute atomic E-state index is 0.0407. The Morgan fingerprint density at radius 1 is 0.647 bits per heavy atom. The van der Waals surface area contributed by atoms with Crippen LogP contribution in [-0.4, -0.2) is 38.7 Å². The van der Waals surface area contributed by atoms with E-state index in [0.717, 1.165) is 11.3 Å². The summed E-state index contributed by atoms with van der Waals surface area (Å²) in [6, 6.07) is 21.3. The van der Waals surface area contributed by atoms with Gasteiger partial charge >= 0.3 is 0 Å². The minimum atomic E-state index is -0.331. The maximum atomic E-state index is 12.6. The number of hydrogen-bond donors (Lipinski definition) is 1. The summed E-state index contributed by atoms with van der Waals surface area (Å²) in [5.41, 5.74) is 5.24. The quantitative estimate of drug-likeness (QED) is 0.250. The third kappa shape index (κ3) is 6.68. The van der Waals surface area contributed by atoms with Crippen molar-refractivity contribution in [1.29, 1.82) is 0 Å². The van der Waals surface area contributed by atoms with Gasteiger partial charge in [-0.05, 0) is 91.2 Å². The van der Waals surface area contributed by atoms with Crippen molar-refractivity contribution in [2.45, 2.75) is 19.3 Å². The molecule has 0 aliphatic rings. The lowest BCUT2D eigenvalue weighted by atomic mass is 10.0. The van der Waals surface area contributed by atoms with Gasteiger partial charge in [-0.25, -0.2) is 5.43 Å². The SMILES string of the molecule is COc1ccc(C(=O)CCC/C(=N\NC(=O)c2ccc(OC)cc2)c2ccc(OC)cc2)cc1. The Kier molecular flexibility index (Phi) is 8.80. The zero-order chi connectivity index (χ0) is 24.3. The molecule has 0 saturated heterocycles. The largest absolute Gasteiger partial charge is 0.497 e. The Morgan fingerprint density at radius 2 is 1.09 bits per heavy atom. The number of ketones is 1. The van der Waals surface area contributed by atoms with E-state index >= 15 is 0 Å². The number of amides is 1. The van der Waals surface area contributed by atoms with Crippen LogP contribution in [0.15, 0.2) is 77.9 Å². The molecule has 0 aliphatic heterocycles. The summed E-state index contributed by atoms with van der Waals surface area (Å²) in [7, 11) is 4.76. The molecule has 0 unspecified atom stereocenters. The van der Waals surface area contributed by atoms with E-state index < -0.39 is 0 Å². The third-order valence-electron chi connectivity index (χ3n) is 5.30. The molecule has 0 heterocycles. The summed E-state index contributed by atoms with van der Waals surface area (Å²) < 4.78 is 15.5. The monoisotopic (exact) mass is 460 g/mol. The standard InChI is InChI=1S/C27H28N2O5/c1-32-22-13-7-19(8-14-22)25(28-29-27(31)21-11-17-24(34-3)18-12-21)5-4-6-26(30)20-9-15-23(33-2)16-10-20/h7-18H,4-6H2,1-3H3,(H,29,31)/b28-25+. The van der Waals surface area contributed by atoms with Crippen LogP contribution < -0.4 is 19.6 Å². The summed E-state index contributed by atoms with van der Waals surface area (Å²) >= 11 is 0. The molecule has 3 rings (SSSR count). The fourth-order valence-corrected chi connectivity index (χ4v) is 3.31. The van der Waals surface area contributed by atoms with Gasteiger partial charge < -0.3 is 14.2 Å². The first-order chi connectivity index (χ1) is 16.5. The molecule has 0 saturated carbocycles. The number of benzene rings is 3. The number of nitrogens with zero attached hydrogens (tertiary/aromatic N) is 1. The molecule has 34 heavy (non-hydrogen) atoms. The van der Waals surface area contributed by atoms with Crippen molar-refractivity contribution in [3.05, 3.63) is 89.5 Å². The smallest absolute Gasteiger partial charge is 0.271 e. The van der Waals surface area contributed by atoms with E-state index in [4.69, 9.17) is 14.2 Å². The zero-order valence-corrected chi connectivity index (χ0v) is 19.5.